The zero-order chi connectivity index (χ0) is 22.7. The minimum atomic E-state index is -0.519. The van der Waals surface area contributed by atoms with Crippen molar-refractivity contribution in [1.82, 2.24) is 4.57 Å². The number of halogens is 1. The molecule has 0 saturated heterocycles. The number of aryl methyl sites for hydroxylation is 1. The van der Waals surface area contributed by atoms with Gasteiger partial charge in [0.2, 0.25) is 11.8 Å². The molecule has 4 rings (SSSR count). The zero-order valence-electron chi connectivity index (χ0n) is 17.1. The Morgan fingerprint density at radius 2 is 1.69 bits per heavy atom. The van der Waals surface area contributed by atoms with Crippen molar-refractivity contribution in [2.75, 3.05) is 5.32 Å². The number of benzene rings is 3. The normalized spacial score (nSPS) is 11.2. The van der Waals surface area contributed by atoms with E-state index in [0.29, 0.717) is 22.2 Å². The molecule has 0 fully saturated rings. The summed E-state index contributed by atoms with van der Waals surface area (Å²) in [5.41, 5.74) is 2.91. The first-order chi connectivity index (χ1) is 15.4. The van der Waals surface area contributed by atoms with Crippen LogP contribution in [0.4, 0.5) is 11.4 Å². The van der Waals surface area contributed by atoms with Crippen molar-refractivity contribution in [1.29, 1.82) is 0 Å². The van der Waals surface area contributed by atoms with Crippen LogP contribution < -0.4 is 5.32 Å². The van der Waals surface area contributed by atoms with Crippen LogP contribution in [0.1, 0.15) is 15.9 Å². The molecule has 3 aromatic carbocycles. The standard InChI is InChI=1S/C24H19IN4O3/c1-15-6-12-18(13-7-15)26-21(30)14-29-20-5-3-2-4-19(20)22(24(29)32)27-28-23(31)16-8-10-17(25)11-9-16/h2-13,32H,14H2,1H3,(H,26,30). The molecule has 0 spiro atoms. The summed E-state index contributed by atoms with van der Waals surface area (Å²) in [5, 5.41) is 22.0. The summed E-state index contributed by atoms with van der Waals surface area (Å²) >= 11 is 2.15. The molecule has 0 aliphatic rings. The van der Waals surface area contributed by atoms with E-state index >= 15 is 0 Å². The van der Waals surface area contributed by atoms with Gasteiger partial charge in [-0.15, -0.1) is 10.2 Å². The predicted octanol–water partition coefficient (Wildman–Crippen LogP) is 5.82. The maximum atomic E-state index is 12.6. The lowest BCUT2D eigenvalue weighted by molar-refractivity contribution is -0.116. The number of hydrogen-bond acceptors (Lipinski definition) is 4. The lowest BCUT2D eigenvalue weighted by atomic mass is 10.2. The number of rotatable bonds is 5. The van der Waals surface area contributed by atoms with Crippen LogP contribution in [-0.2, 0) is 11.3 Å². The monoisotopic (exact) mass is 538 g/mol. The van der Waals surface area contributed by atoms with Gasteiger partial charge in [-0.25, -0.2) is 0 Å². The van der Waals surface area contributed by atoms with E-state index in [1.165, 1.54) is 4.57 Å². The maximum Gasteiger partial charge on any atom is 0.295 e. The van der Waals surface area contributed by atoms with Crippen LogP contribution in [0.25, 0.3) is 10.9 Å². The van der Waals surface area contributed by atoms with Crippen LogP contribution in [0.3, 0.4) is 0 Å². The second kappa shape index (κ2) is 9.31. The number of para-hydroxylation sites is 1. The van der Waals surface area contributed by atoms with Crippen molar-refractivity contribution in [2.24, 2.45) is 10.2 Å². The van der Waals surface area contributed by atoms with E-state index in [9.17, 15) is 14.7 Å². The molecule has 0 saturated carbocycles. The molecule has 0 unspecified atom stereocenters. The molecule has 1 heterocycles. The number of nitrogens with zero attached hydrogens (tertiary/aromatic N) is 3. The number of hydrogen-bond donors (Lipinski definition) is 2. The number of aromatic hydroxyl groups is 1. The van der Waals surface area contributed by atoms with Gasteiger partial charge in [-0.2, -0.15) is 0 Å². The van der Waals surface area contributed by atoms with Crippen LogP contribution in [0, 0.1) is 10.5 Å². The molecule has 2 amide bonds. The fraction of sp³-hybridized carbons (Fsp3) is 0.0833. The van der Waals surface area contributed by atoms with Gasteiger partial charge >= 0.3 is 0 Å². The SMILES string of the molecule is Cc1ccc(NC(=O)Cn2c(O)c(N=NC(=O)c3ccc(I)cc3)c3ccccc32)cc1. The van der Waals surface area contributed by atoms with Gasteiger partial charge in [0.15, 0.2) is 5.69 Å². The average molecular weight is 538 g/mol. The van der Waals surface area contributed by atoms with E-state index < -0.39 is 5.91 Å². The Labute approximate surface area is 197 Å². The quantitative estimate of drug-likeness (QED) is 0.248. The van der Waals surface area contributed by atoms with Gasteiger partial charge in [0.1, 0.15) is 6.54 Å². The van der Waals surface area contributed by atoms with Gasteiger partial charge in [0.05, 0.1) is 5.52 Å². The number of aromatic nitrogens is 1. The first-order valence-electron chi connectivity index (χ1n) is 9.81. The first kappa shape index (κ1) is 21.7. The number of fused-ring (bicyclic) bond motifs is 1. The van der Waals surface area contributed by atoms with Crippen LogP contribution in [-0.4, -0.2) is 21.5 Å². The van der Waals surface area contributed by atoms with Gasteiger partial charge < -0.3 is 15.0 Å². The smallest absolute Gasteiger partial charge is 0.295 e. The molecule has 4 aromatic rings. The molecule has 8 heteroatoms. The molecule has 0 radical (unpaired) electrons. The summed E-state index contributed by atoms with van der Waals surface area (Å²) in [5.74, 6) is -1.05. The van der Waals surface area contributed by atoms with E-state index in [-0.39, 0.29) is 24.0 Å². The van der Waals surface area contributed by atoms with Crippen molar-refractivity contribution in [3.8, 4) is 5.88 Å². The van der Waals surface area contributed by atoms with Gasteiger partial charge in [-0.05, 0) is 72.0 Å². The van der Waals surface area contributed by atoms with Crippen molar-refractivity contribution >= 4 is 56.7 Å². The number of carbonyl (C=O) groups excluding carboxylic acids is 2. The van der Waals surface area contributed by atoms with Crippen molar-refractivity contribution in [3.63, 3.8) is 0 Å². The lowest BCUT2D eigenvalue weighted by Crippen LogP contribution is -2.18. The van der Waals surface area contributed by atoms with E-state index in [2.05, 4.69) is 38.1 Å². The largest absolute Gasteiger partial charge is 0.493 e. The van der Waals surface area contributed by atoms with Crippen molar-refractivity contribution in [2.45, 2.75) is 13.5 Å². The number of azo groups is 1. The first-order valence-corrected chi connectivity index (χ1v) is 10.9. The molecule has 0 aliphatic heterocycles. The van der Waals surface area contributed by atoms with Crippen LogP contribution in [0.5, 0.6) is 5.88 Å². The van der Waals surface area contributed by atoms with E-state index in [0.717, 1.165) is 9.13 Å². The Morgan fingerprint density at radius 3 is 2.41 bits per heavy atom. The van der Waals surface area contributed by atoms with Crippen LogP contribution >= 0.6 is 22.6 Å². The fourth-order valence-corrected chi connectivity index (χ4v) is 3.62. The maximum absolute atomic E-state index is 12.6. The summed E-state index contributed by atoms with van der Waals surface area (Å²) in [6.45, 7) is 1.84. The lowest BCUT2D eigenvalue weighted by Gasteiger charge is -2.08. The zero-order valence-corrected chi connectivity index (χ0v) is 19.3. The minimum Gasteiger partial charge on any atom is -0.493 e. The summed E-state index contributed by atoms with van der Waals surface area (Å²) in [6.07, 6.45) is 0. The van der Waals surface area contributed by atoms with E-state index in [1.54, 1.807) is 48.5 Å². The summed E-state index contributed by atoms with van der Waals surface area (Å²) in [7, 11) is 0. The molecule has 0 aliphatic carbocycles. The molecule has 1 aromatic heterocycles. The van der Waals surface area contributed by atoms with E-state index in [4.69, 9.17) is 0 Å². The number of anilines is 1. The van der Waals surface area contributed by atoms with Gasteiger partial charge in [0, 0.05) is 20.2 Å². The third-order valence-corrected chi connectivity index (χ3v) is 5.61. The fourth-order valence-electron chi connectivity index (χ4n) is 3.26. The number of carbonyl (C=O) groups is 2. The van der Waals surface area contributed by atoms with Gasteiger partial charge in [-0.1, -0.05) is 35.9 Å². The highest BCUT2D eigenvalue weighted by atomic mass is 127. The summed E-state index contributed by atoms with van der Waals surface area (Å²) < 4.78 is 2.45. The minimum absolute atomic E-state index is 0.124. The number of nitrogens with one attached hydrogen (secondary N) is 1. The predicted molar refractivity (Wildman–Crippen MR) is 131 cm³/mol. The Hall–Kier alpha value is -3.53. The highest BCUT2D eigenvalue weighted by Crippen LogP contribution is 2.38. The molecular weight excluding hydrogens is 519 g/mol. The number of amides is 2. The Kier molecular flexibility index (Phi) is 6.31. The van der Waals surface area contributed by atoms with E-state index in [1.807, 2.05) is 31.2 Å². The molecule has 0 bridgehead atoms. The van der Waals surface area contributed by atoms with Crippen LogP contribution in [0.15, 0.2) is 83.0 Å². The second-order valence-electron chi connectivity index (χ2n) is 7.20. The van der Waals surface area contributed by atoms with Gasteiger partial charge in [0.25, 0.3) is 5.91 Å². The Bertz CT molecular complexity index is 1330. The van der Waals surface area contributed by atoms with Gasteiger partial charge in [-0.3, -0.25) is 9.59 Å². The highest BCUT2D eigenvalue weighted by molar-refractivity contribution is 14.1. The molecule has 160 valence electrons. The summed E-state index contributed by atoms with van der Waals surface area (Å²) in [4.78, 5) is 25.0. The molecule has 2 N–H and O–H groups in total. The molecular formula is C24H19IN4O3. The third kappa shape index (κ3) is 4.70. The summed E-state index contributed by atoms with van der Waals surface area (Å²) in [6, 6.07) is 21.5. The molecule has 7 nitrogen and oxygen atoms in total. The van der Waals surface area contributed by atoms with Crippen LogP contribution in [0.2, 0.25) is 0 Å². The topological polar surface area (TPSA) is 96.1 Å². The average Bonchev–Trinajstić information content (AvgIpc) is 3.05. The Balaban J connectivity index is 1.61. The van der Waals surface area contributed by atoms with Crippen molar-refractivity contribution in [3.05, 3.63) is 87.5 Å². The molecule has 32 heavy (non-hydrogen) atoms. The third-order valence-electron chi connectivity index (χ3n) is 4.89. The Morgan fingerprint density at radius 1 is 1.00 bits per heavy atom. The highest BCUT2D eigenvalue weighted by Gasteiger charge is 2.19. The molecule has 0 atom stereocenters. The second-order valence-corrected chi connectivity index (χ2v) is 8.45. The van der Waals surface area contributed by atoms with Crippen molar-refractivity contribution < 1.29 is 14.7 Å².